The van der Waals surface area contributed by atoms with Gasteiger partial charge in [-0.25, -0.2) is 8.42 Å². The van der Waals surface area contributed by atoms with Crippen LogP contribution in [0, 0.1) is 0 Å². The van der Waals surface area contributed by atoms with E-state index in [9.17, 15) is 8.42 Å². The summed E-state index contributed by atoms with van der Waals surface area (Å²) in [5.41, 5.74) is 0. The van der Waals surface area contributed by atoms with Gasteiger partial charge in [-0.1, -0.05) is 18.3 Å². The monoisotopic (exact) mass is 275 g/mol. The second-order valence-corrected chi connectivity index (χ2v) is 7.93. The molecule has 0 N–H and O–H groups in total. The second-order valence-electron chi connectivity index (χ2n) is 4.35. The Kier molecular flexibility index (Phi) is 3.67. The van der Waals surface area contributed by atoms with Crippen LogP contribution in [0.5, 0.6) is 0 Å². The zero-order valence-corrected chi connectivity index (χ0v) is 11.7. The van der Waals surface area contributed by atoms with Crippen molar-refractivity contribution in [1.29, 1.82) is 0 Å². The molecule has 1 aliphatic rings. The van der Waals surface area contributed by atoms with Crippen molar-refractivity contribution in [1.82, 2.24) is 10.2 Å². The van der Waals surface area contributed by atoms with Crippen LogP contribution in [0.25, 0.3) is 0 Å². The molecule has 17 heavy (non-hydrogen) atoms. The van der Waals surface area contributed by atoms with Crippen LogP contribution in [-0.4, -0.2) is 42.7 Å². The molecule has 0 radical (unpaired) electrons. The molecule has 1 aliphatic heterocycles. The SMILES string of the molecule is CCCc1nnc(N2CCS(=O)(=O)C(C)C2)s1. The predicted molar refractivity (Wildman–Crippen MR) is 69.4 cm³/mol. The van der Waals surface area contributed by atoms with Crippen LogP contribution >= 0.6 is 11.3 Å². The Bertz CT molecular complexity index is 483. The van der Waals surface area contributed by atoms with Gasteiger partial charge in [0.15, 0.2) is 9.84 Å². The molecule has 5 nitrogen and oxygen atoms in total. The molecule has 0 spiro atoms. The molecule has 2 heterocycles. The van der Waals surface area contributed by atoms with Crippen molar-refractivity contribution in [3.63, 3.8) is 0 Å². The van der Waals surface area contributed by atoms with E-state index in [1.54, 1.807) is 18.3 Å². The molecule has 0 aliphatic carbocycles. The fourth-order valence-electron chi connectivity index (χ4n) is 1.81. The van der Waals surface area contributed by atoms with E-state index in [1.165, 1.54) is 0 Å². The summed E-state index contributed by atoms with van der Waals surface area (Å²) >= 11 is 1.58. The van der Waals surface area contributed by atoms with Gasteiger partial charge in [-0.15, -0.1) is 10.2 Å². The zero-order chi connectivity index (χ0) is 12.5. The van der Waals surface area contributed by atoms with E-state index in [0.717, 1.165) is 23.0 Å². The number of hydrogen-bond donors (Lipinski definition) is 0. The van der Waals surface area contributed by atoms with E-state index in [1.807, 2.05) is 4.90 Å². The summed E-state index contributed by atoms with van der Waals surface area (Å²) in [7, 11) is -2.89. The Morgan fingerprint density at radius 3 is 2.88 bits per heavy atom. The molecule has 1 aromatic rings. The Labute approximate surface area is 106 Å². The number of sulfone groups is 1. The van der Waals surface area contributed by atoms with E-state index < -0.39 is 9.84 Å². The Balaban J connectivity index is 2.08. The van der Waals surface area contributed by atoms with Gasteiger partial charge in [0.1, 0.15) is 5.01 Å². The van der Waals surface area contributed by atoms with Gasteiger partial charge in [-0.2, -0.15) is 0 Å². The quantitative estimate of drug-likeness (QED) is 0.827. The molecule has 0 aromatic carbocycles. The molecule has 7 heteroatoms. The summed E-state index contributed by atoms with van der Waals surface area (Å²) in [5, 5.41) is 9.84. The predicted octanol–water partition coefficient (Wildman–Crippen LogP) is 1.11. The molecule has 0 saturated carbocycles. The van der Waals surface area contributed by atoms with Crippen molar-refractivity contribution in [3.05, 3.63) is 5.01 Å². The van der Waals surface area contributed by atoms with Gasteiger partial charge in [0, 0.05) is 19.5 Å². The maximum absolute atomic E-state index is 11.6. The fourth-order valence-corrected chi connectivity index (χ4v) is 4.07. The third-order valence-electron chi connectivity index (χ3n) is 2.93. The summed E-state index contributed by atoms with van der Waals surface area (Å²) in [4.78, 5) is 2.03. The molecule has 1 fully saturated rings. The molecule has 96 valence electrons. The number of aryl methyl sites for hydroxylation is 1. The van der Waals surface area contributed by atoms with Gasteiger partial charge in [0.05, 0.1) is 11.0 Å². The molecule has 0 amide bonds. The zero-order valence-electron chi connectivity index (χ0n) is 10.1. The molecule has 0 bridgehead atoms. The molecule has 1 saturated heterocycles. The minimum atomic E-state index is -2.89. The van der Waals surface area contributed by atoms with E-state index in [4.69, 9.17) is 0 Å². The van der Waals surface area contributed by atoms with Gasteiger partial charge in [0.2, 0.25) is 5.13 Å². The largest absolute Gasteiger partial charge is 0.344 e. The van der Waals surface area contributed by atoms with Crippen molar-refractivity contribution in [2.75, 3.05) is 23.7 Å². The number of hydrogen-bond acceptors (Lipinski definition) is 6. The van der Waals surface area contributed by atoms with Gasteiger partial charge < -0.3 is 4.90 Å². The Morgan fingerprint density at radius 2 is 2.24 bits per heavy atom. The molecular weight excluding hydrogens is 258 g/mol. The second kappa shape index (κ2) is 4.89. The van der Waals surface area contributed by atoms with Gasteiger partial charge >= 0.3 is 0 Å². The summed E-state index contributed by atoms with van der Waals surface area (Å²) in [6, 6.07) is 0. The minimum Gasteiger partial charge on any atom is -0.344 e. The Hall–Kier alpha value is -0.690. The number of anilines is 1. The van der Waals surface area contributed by atoms with Crippen molar-refractivity contribution in [3.8, 4) is 0 Å². The van der Waals surface area contributed by atoms with Crippen LogP contribution in [-0.2, 0) is 16.3 Å². The van der Waals surface area contributed by atoms with Crippen LogP contribution < -0.4 is 4.90 Å². The smallest absolute Gasteiger partial charge is 0.208 e. The standard InChI is InChI=1S/C10H17N3O2S2/c1-3-4-9-11-12-10(16-9)13-5-6-17(14,15)8(2)7-13/h8H,3-7H2,1-2H3. The van der Waals surface area contributed by atoms with Crippen LogP contribution in [0.3, 0.4) is 0 Å². The van der Waals surface area contributed by atoms with Crippen molar-refractivity contribution < 1.29 is 8.42 Å². The van der Waals surface area contributed by atoms with E-state index >= 15 is 0 Å². The minimum absolute atomic E-state index is 0.219. The summed E-state index contributed by atoms with van der Waals surface area (Å²) in [5.74, 6) is 0.219. The summed E-state index contributed by atoms with van der Waals surface area (Å²) in [6.07, 6.45) is 2.00. The number of rotatable bonds is 3. The average molecular weight is 275 g/mol. The van der Waals surface area contributed by atoms with E-state index in [0.29, 0.717) is 13.1 Å². The summed E-state index contributed by atoms with van der Waals surface area (Å²) in [6.45, 7) is 4.93. The number of aromatic nitrogens is 2. The first kappa shape index (κ1) is 12.8. The maximum atomic E-state index is 11.6. The highest BCUT2D eigenvalue weighted by Gasteiger charge is 2.30. The molecule has 1 aromatic heterocycles. The first-order chi connectivity index (χ1) is 8.03. The topological polar surface area (TPSA) is 63.2 Å². The third-order valence-corrected chi connectivity index (χ3v) is 6.10. The highest BCUT2D eigenvalue weighted by molar-refractivity contribution is 7.92. The van der Waals surface area contributed by atoms with Crippen LogP contribution in [0.2, 0.25) is 0 Å². The third kappa shape index (κ3) is 2.77. The van der Waals surface area contributed by atoms with Gasteiger partial charge in [-0.3, -0.25) is 0 Å². The lowest BCUT2D eigenvalue weighted by Crippen LogP contribution is -2.45. The molecule has 1 unspecified atom stereocenters. The molecule has 2 rings (SSSR count). The number of nitrogens with zero attached hydrogens (tertiary/aromatic N) is 3. The van der Waals surface area contributed by atoms with E-state index in [-0.39, 0.29) is 11.0 Å². The molecular formula is C10H17N3O2S2. The first-order valence-corrected chi connectivity index (χ1v) is 8.35. The van der Waals surface area contributed by atoms with Crippen molar-refractivity contribution in [2.45, 2.75) is 31.9 Å². The summed E-state index contributed by atoms with van der Waals surface area (Å²) < 4.78 is 23.2. The lowest BCUT2D eigenvalue weighted by molar-refractivity contribution is 0.569. The molecule has 1 atom stereocenters. The maximum Gasteiger partial charge on any atom is 0.208 e. The highest BCUT2D eigenvalue weighted by Crippen LogP contribution is 2.24. The lowest BCUT2D eigenvalue weighted by Gasteiger charge is -2.30. The Morgan fingerprint density at radius 1 is 1.47 bits per heavy atom. The normalized spacial score (nSPS) is 23.9. The highest BCUT2D eigenvalue weighted by atomic mass is 32.2. The first-order valence-electron chi connectivity index (χ1n) is 5.82. The van der Waals surface area contributed by atoms with Gasteiger partial charge in [-0.05, 0) is 13.3 Å². The van der Waals surface area contributed by atoms with Crippen molar-refractivity contribution in [2.24, 2.45) is 0 Å². The van der Waals surface area contributed by atoms with Crippen LogP contribution in [0.4, 0.5) is 5.13 Å². The average Bonchev–Trinajstić information content (AvgIpc) is 2.71. The lowest BCUT2D eigenvalue weighted by atomic mass is 10.4. The van der Waals surface area contributed by atoms with Crippen LogP contribution in [0.15, 0.2) is 0 Å². The fraction of sp³-hybridized carbons (Fsp3) is 0.800. The van der Waals surface area contributed by atoms with E-state index in [2.05, 4.69) is 17.1 Å². The van der Waals surface area contributed by atoms with Crippen molar-refractivity contribution >= 4 is 26.3 Å². The van der Waals surface area contributed by atoms with Gasteiger partial charge in [0.25, 0.3) is 0 Å². The van der Waals surface area contributed by atoms with Crippen LogP contribution in [0.1, 0.15) is 25.3 Å².